The Balaban J connectivity index is 1.54. The Kier molecular flexibility index (Phi) is 5.80. The van der Waals surface area contributed by atoms with E-state index < -0.39 is 0 Å². The van der Waals surface area contributed by atoms with Crippen LogP contribution in [-0.4, -0.2) is 52.9 Å². The van der Waals surface area contributed by atoms with E-state index in [-0.39, 0.29) is 23.5 Å². The molecule has 6 nitrogen and oxygen atoms in total. The normalized spacial score (nSPS) is 41.5. The van der Waals surface area contributed by atoms with Crippen LogP contribution in [0.4, 0.5) is 0 Å². The molecule has 3 fully saturated rings. The molecule has 7 heteroatoms. The number of ether oxygens (including phenoxy) is 1. The van der Waals surface area contributed by atoms with Gasteiger partial charge in [0.2, 0.25) is 0 Å². The van der Waals surface area contributed by atoms with Gasteiger partial charge in [0.1, 0.15) is 0 Å². The minimum Gasteiger partial charge on any atom is -0.469 e. The van der Waals surface area contributed by atoms with E-state index in [4.69, 9.17) is 16.3 Å². The Morgan fingerprint density at radius 1 is 1.22 bits per heavy atom. The van der Waals surface area contributed by atoms with Crippen molar-refractivity contribution in [2.24, 2.45) is 5.92 Å². The summed E-state index contributed by atoms with van der Waals surface area (Å²) < 4.78 is 4.73. The molecule has 23 heavy (non-hydrogen) atoms. The number of aliphatic hydroxyl groups excluding tert-OH is 1. The monoisotopic (exact) mass is 345 g/mol. The van der Waals surface area contributed by atoms with Crippen LogP contribution >= 0.6 is 11.6 Å². The van der Waals surface area contributed by atoms with Crippen LogP contribution in [0, 0.1) is 5.92 Å². The second kappa shape index (κ2) is 7.66. The Hall–Kier alpha value is -0.400. The Morgan fingerprint density at radius 2 is 2.00 bits per heavy atom. The van der Waals surface area contributed by atoms with Crippen LogP contribution in [0.5, 0.6) is 0 Å². The van der Waals surface area contributed by atoms with Crippen molar-refractivity contribution in [3.05, 3.63) is 0 Å². The molecule has 0 aromatic carbocycles. The van der Waals surface area contributed by atoms with Crippen LogP contribution in [0.25, 0.3) is 0 Å². The van der Waals surface area contributed by atoms with E-state index in [1.165, 1.54) is 7.11 Å². The Morgan fingerprint density at radius 3 is 2.78 bits per heavy atom. The first-order valence-electron chi connectivity index (χ1n) is 8.77. The SMILES string of the molecule is COC(=O)CCC1CCC(O)C(N2NC3CCC(Cl)CC3N2)C1. The molecule has 3 aliphatic rings. The van der Waals surface area contributed by atoms with Gasteiger partial charge in [-0.3, -0.25) is 4.79 Å². The Labute approximate surface area is 142 Å². The lowest BCUT2D eigenvalue weighted by molar-refractivity contribution is -0.141. The summed E-state index contributed by atoms with van der Waals surface area (Å²) in [5, 5.41) is 12.7. The molecule has 0 aromatic rings. The number of rotatable bonds is 4. The van der Waals surface area contributed by atoms with Gasteiger partial charge < -0.3 is 9.84 Å². The van der Waals surface area contributed by atoms with Gasteiger partial charge in [0.15, 0.2) is 0 Å². The average molecular weight is 346 g/mol. The number of methoxy groups -OCH3 is 1. The van der Waals surface area contributed by atoms with E-state index in [0.29, 0.717) is 24.4 Å². The highest BCUT2D eigenvalue weighted by Crippen LogP contribution is 2.33. The lowest BCUT2D eigenvalue weighted by Gasteiger charge is -2.38. The molecule has 0 radical (unpaired) electrons. The highest BCUT2D eigenvalue weighted by atomic mass is 35.5. The number of carbonyl (C=O) groups is 1. The van der Waals surface area contributed by atoms with Crippen molar-refractivity contribution in [2.75, 3.05) is 7.11 Å². The maximum Gasteiger partial charge on any atom is 0.305 e. The molecular weight excluding hydrogens is 318 g/mol. The molecule has 0 aromatic heterocycles. The predicted octanol–water partition coefficient (Wildman–Crippen LogP) is 1.32. The molecule has 6 atom stereocenters. The first kappa shape index (κ1) is 17.4. The van der Waals surface area contributed by atoms with Crippen LogP contribution in [0.15, 0.2) is 0 Å². The number of nitrogens with zero attached hydrogens (tertiary/aromatic N) is 1. The van der Waals surface area contributed by atoms with E-state index >= 15 is 0 Å². The maximum absolute atomic E-state index is 11.3. The molecule has 0 spiro atoms. The minimum absolute atomic E-state index is 0.0470. The summed E-state index contributed by atoms with van der Waals surface area (Å²) in [6, 6.07) is 0.812. The van der Waals surface area contributed by atoms with E-state index in [9.17, 15) is 9.90 Å². The zero-order valence-corrected chi connectivity index (χ0v) is 14.5. The van der Waals surface area contributed by atoms with Gasteiger partial charge in [-0.25, -0.2) is 10.9 Å². The third-order valence-electron chi connectivity index (χ3n) is 5.60. The number of alkyl halides is 1. The van der Waals surface area contributed by atoms with Crippen molar-refractivity contribution in [1.29, 1.82) is 0 Å². The summed E-state index contributed by atoms with van der Waals surface area (Å²) in [7, 11) is 1.43. The summed E-state index contributed by atoms with van der Waals surface area (Å²) in [4.78, 5) is 11.3. The summed E-state index contributed by atoms with van der Waals surface area (Å²) in [5.41, 5.74) is 7.03. The van der Waals surface area contributed by atoms with Crippen LogP contribution < -0.4 is 10.9 Å². The third kappa shape index (κ3) is 4.17. The first-order chi connectivity index (χ1) is 11.1. The predicted molar refractivity (Wildman–Crippen MR) is 87.6 cm³/mol. The van der Waals surface area contributed by atoms with Crippen LogP contribution in [-0.2, 0) is 9.53 Å². The van der Waals surface area contributed by atoms with E-state index in [0.717, 1.165) is 44.9 Å². The lowest BCUT2D eigenvalue weighted by Crippen LogP contribution is -2.55. The van der Waals surface area contributed by atoms with Crippen LogP contribution in [0.2, 0.25) is 0 Å². The molecule has 6 unspecified atom stereocenters. The summed E-state index contributed by atoms with van der Waals surface area (Å²) in [5.74, 6) is 0.304. The van der Waals surface area contributed by atoms with Gasteiger partial charge in [-0.05, 0) is 50.9 Å². The number of hydrogen-bond donors (Lipinski definition) is 3. The molecule has 2 saturated carbocycles. The zero-order chi connectivity index (χ0) is 16.4. The van der Waals surface area contributed by atoms with Crippen LogP contribution in [0.3, 0.4) is 0 Å². The van der Waals surface area contributed by atoms with Crippen molar-refractivity contribution >= 4 is 17.6 Å². The molecule has 2 aliphatic carbocycles. The van der Waals surface area contributed by atoms with E-state index in [2.05, 4.69) is 10.9 Å². The maximum atomic E-state index is 11.3. The zero-order valence-electron chi connectivity index (χ0n) is 13.7. The number of halogens is 1. The molecule has 1 saturated heterocycles. The van der Waals surface area contributed by atoms with Crippen molar-refractivity contribution in [1.82, 2.24) is 16.0 Å². The Bertz CT molecular complexity index is 425. The first-order valence-corrected chi connectivity index (χ1v) is 9.21. The third-order valence-corrected chi connectivity index (χ3v) is 6.00. The highest BCUT2D eigenvalue weighted by Gasteiger charge is 2.42. The van der Waals surface area contributed by atoms with Crippen molar-refractivity contribution < 1.29 is 14.6 Å². The molecule has 0 bridgehead atoms. The largest absolute Gasteiger partial charge is 0.469 e. The number of carbonyl (C=O) groups excluding carboxylic acids is 1. The fourth-order valence-electron chi connectivity index (χ4n) is 4.18. The van der Waals surface area contributed by atoms with Crippen molar-refractivity contribution in [3.63, 3.8) is 0 Å². The molecule has 1 aliphatic heterocycles. The van der Waals surface area contributed by atoms with Gasteiger partial charge in [0.05, 0.1) is 19.3 Å². The fraction of sp³-hybridized carbons (Fsp3) is 0.938. The second-order valence-corrected chi connectivity index (χ2v) is 7.80. The number of hydrazine groups is 2. The number of fused-ring (bicyclic) bond motifs is 1. The van der Waals surface area contributed by atoms with Gasteiger partial charge in [-0.2, -0.15) is 5.12 Å². The summed E-state index contributed by atoms with van der Waals surface area (Å²) in [6.45, 7) is 0. The molecule has 3 rings (SSSR count). The topological polar surface area (TPSA) is 73.8 Å². The van der Waals surface area contributed by atoms with E-state index in [1.54, 1.807) is 0 Å². The fourth-order valence-corrected chi connectivity index (χ4v) is 4.50. The molecule has 3 N–H and O–H groups in total. The smallest absolute Gasteiger partial charge is 0.305 e. The second-order valence-electron chi connectivity index (χ2n) is 7.18. The number of nitrogens with one attached hydrogen (secondary N) is 2. The van der Waals surface area contributed by atoms with Crippen molar-refractivity contribution in [2.45, 2.75) is 81.0 Å². The quantitative estimate of drug-likeness (QED) is 0.527. The number of aliphatic hydroxyl groups is 1. The van der Waals surface area contributed by atoms with Gasteiger partial charge in [0, 0.05) is 23.9 Å². The molecule has 132 valence electrons. The minimum atomic E-state index is -0.337. The van der Waals surface area contributed by atoms with E-state index in [1.807, 2.05) is 5.12 Å². The van der Waals surface area contributed by atoms with Gasteiger partial charge >= 0.3 is 5.97 Å². The highest BCUT2D eigenvalue weighted by molar-refractivity contribution is 6.20. The standard InChI is InChI=1S/C16H28ClN3O3/c1-23-16(22)7-3-10-2-6-15(21)14(8-10)20-18-12-5-4-11(17)9-13(12)19-20/h10-15,18-19,21H,2-9H2,1H3. The average Bonchev–Trinajstić information content (AvgIpc) is 2.96. The van der Waals surface area contributed by atoms with Gasteiger partial charge in [-0.15, -0.1) is 11.6 Å². The van der Waals surface area contributed by atoms with Gasteiger partial charge in [0.25, 0.3) is 0 Å². The molecule has 0 amide bonds. The van der Waals surface area contributed by atoms with Crippen LogP contribution in [0.1, 0.15) is 51.4 Å². The van der Waals surface area contributed by atoms with Gasteiger partial charge in [-0.1, -0.05) is 0 Å². The summed E-state index contributed by atoms with van der Waals surface area (Å²) in [6.07, 6.45) is 6.67. The number of esters is 1. The van der Waals surface area contributed by atoms with Crippen molar-refractivity contribution in [3.8, 4) is 0 Å². The molecule has 1 heterocycles. The number of hydrogen-bond acceptors (Lipinski definition) is 6. The summed E-state index contributed by atoms with van der Waals surface area (Å²) >= 11 is 6.27. The molecular formula is C16H28ClN3O3. The lowest BCUT2D eigenvalue weighted by atomic mass is 9.81.